The Bertz CT molecular complexity index is 549. The van der Waals surface area contributed by atoms with Gasteiger partial charge in [0.05, 0.1) is 0 Å². The quantitative estimate of drug-likeness (QED) is 0.759. The Morgan fingerprint density at radius 1 is 1.06 bits per heavy atom. The Hall–Kier alpha value is -1.35. The van der Waals surface area contributed by atoms with Gasteiger partial charge in [0.1, 0.15) is 0 Å². The van der Waals surface area contributed by atoms with E-state index in [0.717, 1.165) is 15.8 Å². The van der Waals surface area contributed by atoms with Gasteiger partial charge in [-0.1, -0.05) is 0 Å². The average molecular weight is 300 g/mol. The molecule has 2 aromatic carbocycles. The molecule has 0 saturated heterocycles. The van der Waals surface area contributed by atoms with Crippen LogP contribution in [0, 0.1) is 6.92 Å². The van der Waals surface area contributed by atoms with Gasteiger partial charge in [-0.2, -0.15) is 0 Å². The van der Waals surface area contributed by atoms with Gasteiger partial charge in [-0.25, -0.2) is 0 Å². The molecule has 0 fully saturated rings. The van der Waals surface area contributed by atoms with Gasteiger partial charge in [0, 0.05) is 0 Å². The van der Waals surface area contributed by atoms with Crippen molar-refractivity contribution in [3.8, 4) is 0 Å². The molecule has 90 valence electrons. The van der Waals surface area contributed by atoms with Crippen molar-refractivity contribution in [1.29, 1.82) is 0 Å². The van der Waals surface area contributed by atoms with Crippen LogP contribution in [-0.2, 0) is 0 Å². The van der Waals surface area contributed by atoms with Gasteiger partial charge in [-0.15, -0.1) is 0 Å². The second kappa shape index (κ2) is 6.01. The van der Waals surface area contributed by atoms with Crippen molar-refractivity contribution in [2.75, 3.05) is 4.90 Å². The predicted molar refractivity (Wildman–Crippen MR) is 85.1 cm³/mol. The molecule has 3 heteroatoms. The first-order chi connectivity index (χ1) is 8.72. The van der Waals surface area contributed by atoms with E-state index in [0.29, 0.717) is 0 Å². The number of hydrogen-bond acceptors (Lipinski definition) is 1. The molecule has 18 heavy (non-hydrogen) atoms. The molecule has 0 saturated carbocycles. The van der Waals surface area contributed by atoms with Crippen LogP contribution in [0.2, 0.25) is 6.82 Å². The minimum atomic E-state index is 1.09. The Morgan fingerprint density at radius 2 is 1.72 bits per heavy atom. The summed E-state index contributed by atoms with van der Waals surface area (Å²) in [5.41, 5.74) is 3.57. The van der Waals surface area contributed by atoms with E-state index in [1.807, 2.05) is 25.9 Å². The van der Waals surface area contributed by atoms with Crippen LogP contribution in [0.3, 0.4) is 0 Å². The first-order valence-corrected chi connectivity index (χ1v) is 6.75. The fourth-order valence-corrected chi connectivity index (χ4v) is 2.28. The summed E-state index contributed by atoms with van der Waals surface area (Å²) < 4.78 is 1.09. The molecule has 2 aromatic rings. The van der Waals surface area contributed by atoms with Gasteiger partial charge < -0.3 is 0 Å². The molecule has 0 atom stereocenters. The van der Waals surface area contributed by atoms with Crippen molar-refractivity contribution in [2.45, 2.75) is 13.7 Å². The Labute approximate surface area is 117 Å². The molecule has 0 N–H and O–H groups in total. The third kappa shape index (κ3) is 2.91. The predicted octanol–water partition coefficient (Wildman–Crippen LogP) is 4.41. The summed E-state index contributed by atoms with van der Waals surface area (Å²) in [6.07, 6.45) is 2.07. The van der Waals surface area contributed by atoms with Crippen LogP contribution in [-0.4, -0.2) is 13.0 Å². The van der Waals surface area contributed by atoms with Gasteiger partial charge in [-0.05, 0) is 0 Å². The first-order valence-electron chi connectivity index (χ1n) is 5.95. The second-order valence-corrected chi connectivity index (χ2v) is 4.99. The van der Waals surface area contributed by atoms with Crippen molar-refractivity contribution in [3.05, 3.63) is 58.6 Å². The molecule has 0 unspecified atom stereocenters. The van der Waals surface area contributed by atoms with Crippen LogP contribution in [0.4, 0.5) is 11.4 Å². The molecular weight excluding hydrogens is 285 g/mol. The van der Waals surface area contributed by atoms with Crippen LogP contribution < -0.4 is 4.90 Å². The van der Waals surface area contributed by atoms with Crippen molar-refractivity contribution in [1.82, 2.24) is 0 Å². The summed E-state index contributed by atoms with van der Waals surface area (Å²) in [6, 6.07) is 16.8. The monoisotopic (exact) mass is 299 g/mol. The molecule has 0 amide bonds. The van der Waals surface area contributed by atoms with Gasteiger partial charge in [0.15, 0.2) is 0 Å². The topological polar surface area (TPSA) is 3.24 Å². The Kier molecular flexibility index (Phi) is 4.37. The molecule has 0 spiro atoms. The SMILES string of the molecule is CB=CN(c1ccc(C)cc1)c1ccccc1Br. The summed E-state index contributed by atoms with van der Waals surface area (Å²) in [4.78, 5) is 2.17. The zero-order valence-electron chi connectivity index (χ0n) is 10.6. The number of hydrogen-bond donors (Lipinski definition) is 0. The summed E-state index contributed by atoms with van der Waals surface area (Å²) in [5, 5.41) is 0. The number of benzene rings is 2. The first kappa shape index (κ1) is 13.1. The van der Waals surface area contributed by atoms with Crippen LogP contribution in [0.1, 0.15) is 5.56 Å². The molecule has 1 nitrogen and oxygen atoms in total. The summed E-state index contributed by atoms with van der Waals surface area (Å²) in [6.45, 7) is 6.17. The van der Waals surface area contributed by atoms with Crippen molar-refractivity contribution >= 4 is 40.3 Å². The van der Waals surface area contributed by atoms with E-state index in [1.54, 1.807) is 0 Å². The van der Waals surface area contributed by atoms with Crippen LogP contribution in [0.15, 0.2) is 53.0 Å². The standard InChI is InChI=1S/C15H15BBrN/c1-12-7-9-13(10-8-12)18(11-16-2)15-6-4-3-5-14(15)17/h3-11H,1-2H3. The molecular formula is C15H15BBrN. The fourth-order valence-electron chi connectivity index (χ4n) is 1.81. The summed E-state index contributed by atoms with van der Waals surface area (Å²) >= 11 is 3.60. The third-order valence-corrected chi connectivity index (χ3v) is 3.39. The molecule has 0 aliphatic carbocycles. The maximum atomic E-state index is 3.60. The number of aryl methyl sites for hydroxylation is 1. The molecule has 0 aliphatic rings. The average Bonchev–Trinajstić information content (AvgIpc) is 2.38. The third-order valence-electron chi connectivity index (χ3n) is 2.72. The van der Waals surface area contributed by atoms with Gasteiger partial charge in [-0.3, -0.25) is 0 Å². The van der Waals surface area contributed by atoms with Crippen molar-refractivity contribution < 1.29 is 0 Å². The van der Waals surface area contributed by atoms with Gasteiger partial charge >= 0.3 is 118 Å². The zero-order chi connectivity index (χ0) is 13.0. The number of anilines is 2. The number of rotatable bonds is 3. The molecule has 0 aromatic heterocycles. The van der Waals surface area contributed by atoms with Crippen LogP contribution in [0.5, 0.6) is 0 Å². The fraction of sp³-hybridized carbons (Fsp3) is 0.133. The molecule has 0 radical (unpaired) electrons. The van der Waals surface area contributed by atoms with E-state index in [2.05, 4.69) is 70.2 Å². The van der Waals surface area contributed by atoms with E-state index in [4.69, 9.17) is 0 Å². The Morgan fingerprint density at radius 3 is 2.33 bits per heavy atom. The van der Waals surface area contributed by atoms with Crippen LogP contribution in [0.25, 0.3) is 0 Å². The van der Waals surface area contributed by atoms with E-state index in [9.17, 15) is 0 Å². The Balaban J connectivity index is 2.46. The zero-order valence-corrected chi connectivity index (χ0v) is 12.2. The van der Waals surface area contributed by atoms with Crippen molar-refractivity contribution in [2.24, 2.45) is 0 Å². The molecule has 0 aliphatic heterocycles. The normalized spacial score (nSPS) is 10.4. The number of halogens is 1. The molecule has 0 bridgehead atoms. The van der Waals surface area contributed by atoms with E-state index < -0.39 is 0 Å². The molecule has 2 rings (SSSR count). The van der Waals surface area contributed by atoms with Crippen LogP contribution >= 0.6 is 15.9 Å². The van der Waals surface area contributed by atoms with E-state index in [-0.39, 0.29) is 0 Å². The number of para-hydroxylation sites is 1. The number of nitrogens with zero attached hydrogens (tertiary/aromatic N) is 1. The maximum absolute atomic E-state index is 3.60. The minimum absolute atomic E-state index is 1.09. The molecule has 0 heterocycles. The van der Waals surface area contributed by atoms with Gasteiger partial charge in [0.2, 0.25) is 0 Å². The van der Waals surface area contributed by atoms with E-state index >= 15 is 0 Å². The van der Waals surface area contributed by atoms with E-state index in [1.165, 1.54) is 5.56 Å². The second-order valence-electron chi connectivity index (χ2n) is 4.14. The van der Waals surface area contributed by atoms with Gasteiger partial charge in [0.25, 0.3) is 0 Å². The van der Waals surface area contributed by atoms with Crippen molar-refractivity contribution in [3.63, 3.8) is 0 Å². The summed E-state index contributed by atoms with van der Waals surface area (Å²) in [5.74, 6) is 0. The summed E-state index contributed by atoms with van der Waals surface area (Å²) in [7, 11) is 0.